The number of rotatable bonds is 5. The van der Waals surface area contributed by atoms with Crippen LogP contribution in [-0.4, -0.2) is 48.4 Å². The average molecular weight is 413 g/mol. The Labute approximate surface area is 164 Å². The zero-order chi connectivity index (χ0) is 21.0. The second-order valence-electron chi connectivity index (χ2n) is 6.92. The molecule has 0 unspecified atom stereocenters. The fraction of sp³-hybridized carbons (Fsp3) is 0.350. The molecule has 156 valence electrons. The van der Waals surface area contributed by atoms with Crippen LogP contribution in [0.25, 0.3) is 0 Å². The number of hydrogen-bond acceptors (Lipinski definition) is 3. The molecule has 0 aromatic heterocycles. The summed E-state index contributed by atoms with van der Waals surface area (Å²) in [5.41, 5.74) is -0.305. The van der Waals surface area contributed by atoms with Crippen molar-refractivity contribution in [1.82, 2.24) is 9.80 Å². The summed E-state index contributed by atoms with van der Waals surface area (Å²) in [6.45, 7) is 2.65. The van der Waals surface area contributed by atoms with Crippen molar-refractivity contribution in [3.8, 4) is 0 Å². The first-order valence-corrected chi connectivity index (χ1v) is 9.06. The molecule has 1 fully saturated rings. The lowest BCUT2D eigenvalue weighted by atomic mass is 10.1. The Morgan fingerprint density at radius 2 is 1.66 bits per heavy atom. The lowest BCUT2D eigenvalue weighted by molar-refractivity contribution is -0.137. The second-order valence-corrected chi connectivity index (χ2v) is 6.92. The van der Waals surface area contributed by atoms with E-state index in [0.717, 1.165) is 30.3 Å². The van der Waals surface area contributed by atoms with Crippen LogP contribution in [0.4, 0.5) is 27.6 Å². The van der Waals surface area contributed by atoms with Gasteiger partial charge in [0.2, 0.25) is 5.91 Å². The number of halogens is 5. The topological polar surface area (TPSA) is 35.6 Å². The molecule has 2 aromatic rings. The van der Waals surface area contributed by atoms with E-state index < -0.39 is 29.3 Å². The molecule has 1 heterocycles. The van der Waals surface area contributed by atoms with Crippen molar-refractivity contribution in [3.63, 3.8) is 0 Å². The van der Waals surface area contributed by atoms with E-state index in [4.69, 9.17) is 0 Å². The molecule has 1 N–H and O–H groups in total. The van der Waals surface area contributed by atoms with Crippen LogP contribution in [0.3, 0.4) is 0 Å². The summed E-state index contributed by atoms with van der Waals surface area (Å²) in [6.07, 6.45) is -4.37. The van der Waals surface area contributed by atoms with Crippen LogP contribution in [0.15, 0.2) is 42.5 Å². The van der Waals surface area contributed by atoms with Crippen LogP contribution in [0, 0.1) is 11.6 Å². The molecule has 4 nitrogen and oxygen atoms in total. The molecule has 0 saturated carbocycles. The summed E-state index contributed by atoms with van der Waals surface area (Å²) in [5, 5.41) is 2.35. The Bertz CT molecular complexity index is 863. The van der Waals surface area contributed by atoms with E-state index in [2.05, 4.69) is 5.32 Å². The van der Waals surface area contributed by atoms with Gasteiger partial charge in [-0.25, -0.2) is 8.78 Å². The minimum Gasteiger partial charge on any atom is -0.322 e. The van der Waals surface area contributed by atoms with Crippen LogP contribution in [-0.2, 0) is 17.5 Å². The van der Waals surface area contributed by atoms with Crippen molar-refractivity contribution < 1.29 is 26.7 Å². The molecule has 0 radical (unpaired) electrons. The molecule has 1 aliphatic heterocycles. The van der Waals surface area contributed by atoms with Gasteiger partial charge >= 0.3 is 6.18 Å². The fourth-order valence-corrected chi connectivity index (χ4v) is 3.20. The molecule has 0 aliphatic carbocycles. The molecule has 3 rings (SSSR count). The highest BCUT2D eigenvalue weighted by Crippen LogP contribution is 2.29. The van der Waals surface area contributed by atoms with E-state index in [-0.39, 0.29) is 12.2 Å². The van der Waals surface area contributed by atoms with Gasteiger partial charge in [0.05, 0.1) is 17.8 Å². The van der Waals surface area contributed by atoms with Gasteiger partial charge in [0.15, 0.2) is 0 Å². The van der Waals surface area contributed by atoms with E-state index in [0.29, 0.717) is 38.3 Å². The summed E-state index contributed by atoms with van der Waals surface area (Å²) >= 11 is 0. The number of benzene rings is 2. The minimum absolute atomic E-state index is 0.0212. The van der Waals surface area contributed by atoms with Gasteiger partial charge in [-0.15, -0.1) is 0 Å². The predicted octanol–water partition coefficient (Wildman–Crippen LogP) is 3.74. The summed E-state index contributed by atoms with van der Waals surface area (Å²) in [6, 6.07) is 8.06. The third kappa shape index (κ3) is 5.98. The molecule has 2 aromatic carbocycles. The molecule has 1 saturated heterocycles. The van der Waals surface area contributed by atoms with Crippen molar-refractivity contribution in [2.45, 2.75) is 12.7 Å². The molecule has 1 amide bonds. The lowest BCUT2D eigenvalue weighted by Crippen LogP contribution is -2.48. The number of hydrogen-bond donors (Lipinski definition) is 1. The highest BCUT2D eigenvalue weighted by molar-refractivity contribution is 5.92. The summed E-state index contributed by atoms with van der Waals surface area (Å²) < 4.78 is 65.2. The van der Waals surface area contributed by atoms with Gasteiger partial charge in [-0.1, -0.05) is 18.2 Å². The van der Waals surface area contributed by atoms with Crippen LogP contribution in [0.1, 0.15) is 11.1 Å². The predicted molar refractivity (Wildman–Crippen MR) is 98.1 cm³/mol. The fourth-order valence-electron chi connectivity index (χ4n) is 3.20. The first kappa shape index (κ1) is 21.2. The van der Waals surface area contributed by atoms with Crippen LogP contribution >= 0.6 is 0 Å². The monoisotopic (exact) mass is 413 g/mol. The maximum Gasteiger partial charge on any atom is 0.416 e. The molecular formula is C20H20F5N3O. The Kier molecular flexibility index (Phi) is 6.49. The van der Waals surface area contributed by atoms with E-state index in [1.54, 1.807) is 6.07 Å². The first-order chi connectivity index (χ1) is 13.7. The third-order valence-corrected chi connectivity index (χ3v) is 4.70. The molecule has 9 heteroatoms. The maximum absolute atomic E-state index is 13.6. The molecule has 29 heavy (non-hydrogen) atoms. The Hall–Kier alpha value is -2.52. The van der Waals surface area contributed by atoms with Crippen LogP contribution < -0.4 is 5.32 Å². The molecule has 0 bridgehead atoms. The quantitative estimate of drug-likeness (QED) is 0.759. The van der Waals surface area contributed by atoms with Gasteiger partial charge < -0.3 is 5.32 Å². The average Bonchev–Trinajstić information content (AvgIpc) is 2.66. The summed E-state index contributed by atoms with van der Waals surface area (Å²) in [7, 11) is 0. The number of nitrogens with one attached hydrogen (secondary N) is 1. The van der Waals surface area contributed by atoms with Gasteiger partial charge in [0.1, 0.15) is 11.6 Å². The smallest absolute Gasteiger partial charge is 0.322 e. The molecule has 0 spiro atoms. The van der Waals surface area contributed by atoms with Crippen molar-refractivity contribution in [1.29, 1.82) is 0 Å². The number of nitrogens with zero attached hydrogens (tertiary/aromatic N) is 2. The SMILES string of the molecule is O=C(CN1CCN(Cc2cccc(C(F)(F)F)c2)CC1)Nc1cc(F)ccc1F. The molecule has 1 aliphatic rings. The highest BCUT2D eigenvalue weighted by Gasteiger charge is 2.30. The second kappa shape index (κ2) is 8.87. The van der Waals surface area contributed by atoms with Crippen molar-refractivity contribution in [3.05, 3.63) is 65.2 Å². The zero-order valence-corrected chi connectivity index (χ0v) is 15.5. The largest absolute Gasteiger partial charge is 0.416 e. The van der Waals surface area contributed by atoms with E-state index in [1.165, 1.54) is 6.07 Å². The van der Waals surface area contributed by atoms with Crippen molar-refractivity contribution in [2.75, 3.05) is 38.0 Å². The molecule has 0 atom stereocenters. The lowest BCUT2D eigenvalue weighted by Gasteiger charge is -2.34. The minimum atomic E-state index is -4.37. The number of carbonyl (C=O) groups excluding carboxylic acids is 1. The van der Waals surface area contributed by atoms with Gasteiger partial charge in [0.25, 0.3) is 0 Å². The van der Waals surface area contributed by atoms with Crippen molar-refractivity contribution in [2.24, 2.45) is 0 Å². The number of anilines is 1. The number of amides is 1. The van der Waals surface area contributed by atoms with E-state index in [9.17, 15) is 26.7 Å². The van der Waals surface area contributed by atoms with Crippen molar-refractivity contribution >= 4 is 11.6 Å². The third-order valence-electron chi connectivity index (χ3n) is 4.70. The standard InChI is InChI=1S/C20H20F5N3O/c21-16-4-5-17(22)18(11-16)26-19(29)13-28-8-6-27(7-9-28)12-14-2-1-3-15(10-14)20(23,24)25/h1-5,10-11H,6-9,12-13H2,(H,26,29). The van der Waals surface area contributed by atoms with Crippen LogP contribution in [0.5, 0.6) is 0 Å². The number of piperazine rings is 1. The van der Waals surface area contributed by atoms with E-state index in [1.807, 2.05) is 9.80 Å². The Balaban J connectivity index is 1.48. The van der Waals surface area contributed by atoms with Crippen LogP contribution in [0.2, 0.25) is 0 Å². The highest BCUT2D eigenvalue weighted by atomic mass is 19.4. The van der Waals surface area contributed by atoms with Gasteiger partial charge in [-0.05, 0) is 23.8 Å². The van der Waals surface area contributed by atoms with Gasteiger partial charge in [-0.2, -0.15) is 13.2 Å². The number of carbonyl (C=O) groups is 1. The van der Waals surface area contributed by atoms with Gasteiger partial charge in [-0.3, -0.25) is 14.6 Å². The maximum atomic E-state index is 13.6. The molecular weight excluding hydrogens is 393 g/mol. The van der Waals surface area contributed by atoms with Gasteiger partial charge in [0, 0.05) is 38.8 Å². The first-order valence-electron chi connectivity index (χ1n) is 9.06. The zero-order valence-electron chi connectivity index (χ0n) is 15.5. The number of alkyl halides is 3. The summed E-state index contributed by atoms with van der Waals surface area (Å²) in [5.74, 6) is -1.82. The Morgan fingerprint density at radius 3 is 2.34 bits per heavy atom. The normalized spacial score (nSPS) is 16.0. The van der Waals surface area contributed by atoms with E-state index >= 15 is 0 Å². The summed E-state index contributed by atoms with van der Waals surface area (Å²) in [4.78, 5) is 16.0. The Morgan fingerprint density at radius 1 is 0.966 bits per heavy atom.